The van der Waals surface area contributed by atoms with Crippen LogP contribution in [0.1, 0.15) is 23.6 Å². The van der Waals surface area contributed by atoms with E-state index >= 15 is 0 Å². The minimum absolute atomic E-state index is 0.153. The van der Waals surface area contributed by atoms with Gasteiger partial charge in [-0.05, 0) is 47.4 Å². The Hall–Kier alpha value is -3.19. The van der Waals surface area contributed by atoms with Gasteiger partial charge in [0.15, 0.2) is 0 Å². The van der Waals surface area contributed by atoms with Crippen molar-refractivity contribution in [3.05, 3.63) is 139 Å². The van der Waals surface area contributed by atoms with Gasteiger partial charge in [-0.2, -0.15) is 0 Å². The Balaban J connectivity index is 1.75. The highest BCUT2D eigenvalue weighted by molar-refractivity contribution is 7.76. The maximum absolute atomic E-state index is 14.6. The van der Waals surface area contributed by atoms with Crippen molar-refractivity contribution < 1.29 is 4.57 Å². The molecule has 1 atom stereocenters. The SMILES string of the molecule is C=C(C[C@@H](NP(=O)(c1ccccc1)c1ccccc1)c1ccccc1)c1ccccc1. The summed E-state index contributed by atoms with van der Waals surface area (Å²) in [5.74, 6) is 0. The van der Waals surface area contributed by atoms with Crippen LogP contribution in [0.25, 0.3) is 5.57 Å². The molecule has 0 aliphatic rings. The van der Waals surface area contributed by atoms with Crippen LogP contribution >= 0.6 is 7.29 Å². The van der Waals surface area contributed by atoms with E-state index in [0.717, 1.165) is 27.3 Å². The van der Waals surface area contributed by atoms with E-state index in [1.807, 2.05) is 97.1 Å². The summed E-state index contributed by atoms with van der Waals surface area (Å²) in [6.45, 7) is 4.34. The number of hydrogen-bond donors (Lipinski definition) is 1. The monoisotopic (exact) mass is 423 g/mol. The van der Waals surface area contributed by atoms with E-state index in [-0.39, 0.29) is 6.04 Å². The maximum Gasteiger partial charge on any atom is 0.205 e. The van der Waals surface area contributed by atoms with Gasteiger partial charge < -0.3 is 0 Å². The summed E-state index contributed by atoms with van der Waals surface area (Å²) < 4.78 is 14.6. The molecule has 4 aromatic carbocycles. The standard InChI is InChI=1S/C28H26NOP/c1-23(24-14-6-2-7-15-24)22-28(25-16-8-3-9-17-25)29-31(30,26-18-10-4-11-19-26)27-20-12-5-13-21-27/h2-21,28H,1,22H2,(H,29,30)/t28-/m1/s1. The van der Waals surface area contributed by atoms with E-state index in [1.54, 1.807) is 0 Å². The van der Waals surface area contributed by atoms with Crippen molar-refractivity contribution in [1.82, 2.24) is 5.09 Å². The molecule has 0 saturated carbocycles. The highest BCUT2D eigenvalue weighted by Crippen LogP contribution is 2.43. The van der Waals surface area contributed by atoms with Crippen LogP contribution < -0.4 is 15.7 Å². The molecule has 1 N–H and O–H groups in total. The predicted molar refractivity (Wildman–Crippen MR) is 132 cm³/mol. The lowest BCUT2D eigenvalue weighted by molar-refractivity contribution is 0.563. The summed E-state index contributed by atoms with van der Waals surface area (Å²) in [7, 11) is -3.08. The summed E-state index contributed by atoms with van der Waals surface area (Å²) in [6.07, 6.45) is 0.650. The lowest BCUT2D eigenvalue weighted by Gasteiger charge is -2.28. The van der Waals surface area contributed by atoms with E-state index < -0.39 is 7.29 Å². The molecule has 0 aliphatic heterocycles. The Kier molecular flexibility index (Phi) is 6.62. The van der Waals surface area contributed by atoms with E-state index in [2.05, 4.69) is 35.9 Å². The van der Waals surface area contributed by atoms with E-state index in [0.29, 0.717) is 6.42 Å². The lowest BCUT2D eigenvalue weighted by Crippen LogP contribution is -2.30. The molecule has 2 nitrogen and oxygen atoms in total. The second-order valence-electron chi connectivity index (χ2n) is 7.55. The quantitative estimate of drug-likeness (QED) is 0.335. The average Bonchev–Trinajstić information content (AvgIpc) is 2.85. The fraction of sp³-hybridized carbons (Fsp3) is 0.0714. The van der Waals surface area contributed by atoms with Crippen molar-refractivity contribution in [3.8, 4) is 0 Å². The Bertz CT molecular complexity index is 1120. The van der Waals surface area contributed by atoms with E-state index in [1.165, 1.54) is 0 Å². The molecule has 0 amide bonds. The fourth-order valence-corrected chi connectivity index (χ4v) is 6.21. The Morgan fingerprint density at radius 3 is 1.58 bits per heavy atom. The summed E-state index contributed by atoms with van der Waals surface area (Å²) in [6, 6.07) is 39.6. The smallest absolute Gasteiger partial charge is 0.205 e. The summed E-state index contributed by atoms with van der Waals surface area (Å²) >= 11 is 0. The maximum atomic E-state index is 14.6. The van der Waals surface area contributed by atoms with Crippen LogP contribution in [-0.4, -0.2) is 0 Å². The minimum atomic E-state index is -3.08. The van der Waals surface area contributed by atoms with Gasteiger partial charge in [0.2, 0.25) is 7.29 Å². The van der Waals surface area contributed by atoms with Crippen molar-refractivity contribution in [3.63, 3.8) is 0 Å². The first-order valence-electron chi connectivity index (χ1n) is 10.4. The third-order valence-corrected chi connectivity index (χ3v) is 8.14. The molecule has 4 aromatic rings. The minimum Gasteiger partial charge on any atom is -0.297 e. The molecule has 0 fully saturated rings. The molecule has 154 valence electrons. The van der Waals surface area contributed by atoms with E-state index in [4.69, 9.17) is 0 Å². The predicted octanol–water partition coefficient (Wildman–Crippen LogP) is 6.35. The van der Waals surface area contributed by atoms with Crippen molar-refractivity contribution in [2.75, 3.05) is 0 Å². The van der Waals surface area contributed by atoms with Gasteiger partial charge in [-0.15, -0.1) is 0 Å². The van der Waals surface area contributed by atoms with Crippen LogP contribution in [0, 0.1) is 0 Å². The van der Waals surface area contributed by atoms with Crippen LogP contribution in [0.4, 0.5) is 0 Å². The molecule has 4 rings (SSSR count). The Morgan fingerprint density at radius 2 is 1.10 bits per heavy atom. The van der Waals surface area contributed by atoms with Crippen LogP contribution in [0.5, 0.6) is 0 Å². The van der Waals surface area contributed by atoms with Gasteiger partial charge in [0.05, 0.1) is 0 Å². The zero-order valence-electron chi connectivity index (χ0n) is 17.4. The molecule has 0 unspecified atom stereocenters. The van der Waals surface area contributed by atoms with Gasteiger partial charge >= 0.3 is 0 Å². The highest BCUT2D eigenvalue weighted by Gasteiger charge is 2.31. The number of rotatable bonds is 8. The molecule has 0 saturated heterocycles. The Morgan fingerprint density at radius 1 is 0.677 bits per heavy atom. The average molecular weight is 423 g/mol. The Labute approximate surface area is 184 Å². The molecular formula is C28H26NOP. The molecule has 31 heavy (non-hydrogen) atoms. The van der Waals surface area contributed by atoms with Crippen molar-refractivity contribution >= 4 is 23.5 Å². The van der Waals surface area contributed by atoms with Crippen molar-refractivity contribution in [2.45, 2.75) is 12.5 Å². The molecular weight excluding hydrogens is 397 g/mol. The zero-order valence-corrected chi connectivity index (χ0v) is 18.3. The second-order valence-corrected chi connectivity index (χ2v) is 10.1. The number of hydrogen-bond acceptors (Lipinski definition) is 1. The summed E-state index contributed by atoms with van der Waals surface area (Å²) in [5.41, 5.74) is 3.20. The van der Waals surface area contributed by atoms with Gasteiger partial charge in [-0.3, -0.25) is 9.65 Å². The van der Waals surface area contributed by atoms with Crippen LogP contribution in [-0.2, 0) is 4.57 Å². The second kappa shape index (κ2) is 9.75. The van der Waals surface area contributed by atoms with Crippen LogP contribution in [0.2, 0.25) is 0 Å². The molecule has 0 heterocycles. The first-order chi connectivity index (χ1) is 15.2. The van der Waals surface area contributed by atoms with Gasteiger partial charge in [0.25, 0.3) is 0 Å². The molecule has 0 radical (unpaired) electrons. The fourth-order valence-electron chi connectivity index (χ4n) is 3.75. The van der Waals surface area contributed by atoms with Gasteiger partial charge in [0, 0.05) is 16.7 Å². The van der Waals surface area contributed by atoms with Crippen molar-refractivity contribution in [2.24, 2.45) is 0 Å². The van der Waals surface area contributed by atoms with E-state index in [9.17, 15) is 4.57 Å². The van der Waals surface area contributed by atoms with Crippen molar-refractivity contribution in [1.29, 1.82) is 0 Å². The molecule has 3 heteroatoms. The van der Waals surface area contributed by atoms with Crippen LogP contribution in [0.3, 0.4) is 0 Å². The summed E-state index contributed by atoms with van der Waals surface area (Å²) in [5, 5.41) is 5.17. The highest BCUT2D eigenvalue weighted by atomic mass is 31.2. The normalized spacial score (nSPS) is 12.3. The number of nitrogens with one attached hydrogen (secondary N) is 1. The third kappa shape index (κ3) is 4.94. The molecule has 0 aromatic heterocycles. The summed E-state index contributed by atoms with van der Waals surface area (Å²) in [4.78, 5) is 0. The molecule has 0 bridgehead atoms. The number of benzene rings is 4. The first kappa shape index (κ1) is 21.1. The van der Waals surface area contributed by atoms with Crippen LogP contribution in [0.15, 0.2) is 128 Å². The molecule has 0 spiro atoms. The first-order valence-corrected chi connectivity index (χ1v) is 12.1. The largest absolute Gasteiger partial charge is 0.297 e. The van der Waals surface area contributed by atoms with Gasteiger partial charge in [-0.25, -0.2) is 0 Å². The van der Waals surface area contributed by atoms with Gasteiger partial charge in [0.1, 0.15) is 0 Å². The topological polar surface area (TPSA) is 29.1 Å². The third-order valence-electron chi connectivity index (χ3n) is 5.41. The molecule has 0 aliphatic carbocycles. The zero-order chi connectivity index (χ0) is 21.5. The lowest BCUT2D eigenvalue weighted by atomic mass is 9.96. The van der Waals surface area contributed by atoms with Gasteiger partial charge in [-0.1, -0.05) is 104 Å².